The van der Waals surface area contributed by atoms with Gasteiger partial charge in [-0.1, -0.05) is 25.1 Å². The highest BCUT2D eigenvalue weighted by Gasteiger charge is 2.13. The SMILES string of the molecule is CCS(=O)(=O)CCCC(N)c1cccc(C)c1I. The molecule has 1 aromatic carbocycles. The molecule has 1 rings (SSSR count). The van der Waals surface area contributed by atoms with E-state index in [0.29, 0.717) is 12.8 Å². The minimum Gasteiger partial charge on any atom is -0.324 e. The molecule has 1 aromatic rings. The van der Waals surface area contributed by atoms with Crippen molar-refractivity contribution < 1.29 is 8.42 Å². The highest BCUT2D eigenvalue weighted by atomic mass is 127. The van der Waals surface area contributed by atoms with Crippen LogP contribution in [0.4, 0.5) is 0 Å². The second-order valence-electron chi connectivity index (χ2n) is 4.46. The van der Waals surface area contributed by atoms with Crippen LogP contribution < -0.4 is 5.73 Å². The Bertz CT molecular complexity index is 500. The molecule has 0 radical (unpaired) electrons. The van der Waals surface area contributed by atoms with E-state index in [-0.39, 0.29) is 17.5 Å². The molecule has 18 heavy (non-hydrogen) atoms. The predicted octanol–water partition coefficient (Wildman–Crippen LogP) is 2.81. The summed E-state index contributed by atoms with van der Waals surface area (Å²) in [4.78, 5) is 0. The highest BCUT2D eigenvalue weighted by Crippen LogP contribution is 2.24. The van der Waals surface area contributed by atoms with Crippen molar-refractivity contribution in [2.75, 3.05) is 11.5 Å². The third kappa shape index (κ3) is 4.51. The van der Waals surface area contributed by atoms with Crippen LogP contribution in [0.3, 0.4) is 0 Å². The second kappa shape index (κ2) is 6.86. The molecule has 0 aliphatic carbocycles. The van der Waals surface area contributed by atoms with E-state index in [0.717, 1.165) is 5.56 Å². The third-order valence-electron chi connectivity index (χ3n) is 3.03. The van der Waals surface area contributed by atoms with Gasteiger partial charge in [-0.15, -0.1) is 0 Å². The summed E-state index contributed by atoms with van der Waals surface area (Å²) in [5.74, 6) is 0.448. The fourth-order valence-electron chi connectivity index (χ4n) is 1.78. The minimum atomic E-state index is -2.87. The largest absolute Gasteiger partial charge is 0.324 e. The van der Waals surface area contributed by atoms with Gasteiger partial charge in [0.2, 0.25) is 0 Å². The van der Waals surface area contributed by atoms with Crippen molar-refractivity contribution in [3.05, 3.63) is 32.9 Å². The Morgan fingerprint density at radius 2 is 2.06 bits per heavy atom. The molecule has 0 aliphatic rings. The maximum Gasteiger partial charge on any atom is 0.150 e. The number of hydrogen-bond acceptors (Lipinski definition) is 3. The summed E-state index contributed by atoms with van der Waals surface area (Å²) in [5.41, 5.74) is 8.46. The molecular weight excluding hydrogens is 361 g/mol. The van der Waals surface area contributed by atoms with Gasteiger partial charge in [-0.05, 0) is 53.5 Å². The summed E-state index contributed by atoms with van der Waals surface area (Å²) in [6.07, 6.45) is 1.33. The minimum absolute atomic E-state index is 0.0798. The Labute approximate surface area is 123 Å². The lowest BCUT2D eigenvalue weighted by Gasteiger charge is -2.15. The summed E-state index contributed by atoms with van der Waals surface area (Å²) >= 11 is 2.30. The zero-order valence-corrected chi connectivity index (χ0v) is 13.8. The van der Waals surface area contributed by atoms with Crippen molar-refractivity contribution in [1.29, 1.82) is 0 Å². The summed E-state index contributed by atoms with van der Waals surface area (Å²) in [7, 11) is -2.87. The number of benzene rings is 1. The van der Waals surface area contributed by atoms with Crippen LogP contribution in [0.1, 0.15) is 36.9 Å². The van der Waals surface area contributed by atoms with Gasteiger partial charge in [0.1, 0.15) is 9.84 Å². The van der Waals surface area contributed by atoms with Gasteiger partial charge >= 0.3 is 0 Å². The number of aryl methyl sites for hydroxylation is 1. The first-order valence-electron chi connectivity index (χ1n) is 6.08. The zero-order chi connectivity index (χ0) is 13.8. The van der Waals surface area contributed by atoms with Crippen LogP contribution in [-0.4, -0.2) is 19.9 Å². The summed E-state index contributed by atoms with van der Waals surface area (Å²) in [5, 5.41) is 0. The first-order valence-corrected chi connectivity index (χ1v) is 8.98. The topological polar surface area (TPSA) is 60.2 Å². The summed E-state index contributed by atoms with van der Waals surface area (Å²) < 4.78 is 24.0. The van der Waals surface area contributed by atoms with Crippen molar-refractivity contribution >= 4 is 32.4 Å². The molecule has 1 unspecified atom stereocenters. The van der Waals surface area contributed by atoms with Gasteiger partial charge in [0, 0.05) is 15.4 Å². The molecule has 0 spiro atoms. The standard InChI is InChI=1S/C13H20INO2S/c1-3-18(16,17)9-5-8-12(15)11-7-4-6-10(2)13(11)14/h4,6-7,12H,3,5,8-9,15H2,1-2H3. The fraction of sp³-hybridized carbons (Fsp3) is 0.538. The molecular formula is C13H20INO2S. The van der Waals surface area contributed by atoms with E-state index in [9.17, 15) is 8.42 Å². The maximum atomic E-state index is 11.4. The lowest BCUT2D eigenvalue weighted by Crippen LogP contribution is -2.15. The normalized spacial score (nSPS) is 13.6. The average Bonchev–Trinajstić information content (AvgIpc) is 2.32. The third-order valence-corrected chi connectivity index (χ3v) is 6.30. The number of halogens is 1. The molecule has 3 nitrogen and oxygen atoms in total. The number of nitrogens with two attached hydrogens (primary N) is 1. The summed E-state index contributed by atoms with van der Waals surface area (Å²) in [6, 6.07) is 5.99. The van der Waals surface area contributed by atoms with Crippen LogP contribution in [0.5, 0.6) is 0 Å². The van der Waals surface area contributed by atoms with E-state index >= 15 is 0 Å². The van der Waals surface area contributed by atoms with Crippen LogP contribution in [0.15, 0.2) is 18.2 Å². The van der Waals surface area contributed by atoms with Crippen LogP contribution in [0.25, 0.3) is 0 Å². The quantitative estimate of drug-likeness (QED) is 0.771. The van der Waals surface area contributed by atoms with E-state index in [1.165, 1.54) is 9.13 Å². The van der Waals surface area contributed by atoms with Crippen LogP contribution in [-0.2, 0) is 9.84 Å². The van der Waals surface area contributed by atoms with Gasteiger partial charge in [0.05, 0.1) is 5.75 Å². The highest BCUT2D eigenvalue weighted by molar-refractivity contribution is 14.1. The monoisotopic (exact) mass is 381 g/mol. The van der Waals surface area contributed by atoms with Crippen molar-refractivity contribution in [3.8, 4) is 0 Å². The van der Waals surface area contributed by atoms with Gasteiger partial charge in [0.15, 0.2) is 0 Å². The maximum absolute atomic E-state index is 11.4. The molecule has 0 aromatic heterocycles. The van der Waals surface area contributed by atoms with Gasteiger partial charge < -0.3 is 5.73 Å². The van der Waals surface area contributed by atoms with Crippen molar-refractivity contribution in [2.24, 2.45) is 5.73 Å². The van der Waals surface area contributed by atoms with Crippen LogP contribution >= 0.6 is 22.6 Å². The van der Waals surface area contributed by atoms with E-state index in [1.54, 1.807) is 6.92 Å². The summed E-state index contributed by atoms with van der Waals surface area (Å²) in [6.45, 7) is 3.73. The lowest BCUT2D eigenvalue weighted by atomic mass is 10.0. The Hall–Kier alpha value is -0.140. The van der Waals surface area contributed by atoms with E-state index < -0.39 is 9.84 Å². The van der Waals surface area contributed by atoms with Crippen LogP contribution in [0.2, 0.25) is 0 Å². The molecule has 0 saturated carbocycles. The molecule has 0 amide bonds. The molecule has 0 fully saturated rings. The predicted molar refractivity (Wildman–Crippen MR) is 84.4 cm³/mol. The fourth-order valence-corrected chi connectivity index (χ4v) is 3.43. The van der Waals surface area contributed by atoms with Crippen molar-refractivity contribution in [2.45, 2.75) is 32.7 Å². The Morgan fingerprint density at radius 1 is 1.39 bits per heavy atom. The molecule has 5 heteroatoms. The zero-order valence-electron chi connectivity index (χ0n) is 10.8. The average molecular weight is 381 g/mol. The molecule has 102 valence electrons. The van der Waals surface area contributed by atoms with E-state index in [4.69, 9.17) is 5.73 Å². The Balaban J connectivity index is 2.61. The number of sulfone groups is 1. The number of rotatable bonds is 6. The van der Waals surface area contributed by atoms with E-state index in [2.05, 4.69) is 35.6 Å². The van der Waals surface area contributed by atoms with Gasteiger partial charge in [-0.25, -0.2) is 8.42 Å². The van der Waals surface area contributed by atoms with Crippen LogP contribution in [0, 0.1) is 10.5 Å². The Kier molecular flexibility index (Phi) is 6.07. The molecule has 2 N–H and O–H groups in total. The smallest absolute Gasteiger partial charge is 0.150 e. The molecule has 0 bridgehead atoms. The molecule has 0 aliphatic heterocycles. The Morgan fingerprint density at radius 3 is 2.67 bits per heavy atom. The number of hydrogen-bond donors (Lipinski definition) is 1. The van der Waals surface area contributed by atoms with Crippen molar-refractivity contribution in [1.82, 2.24) is 0 Å². The first-order chi connectivity index (χ1) is 8.37. The van der Waals surface area contributed by atoms with Gasteiger partial charge in [-0.2, -0.15) is 0 Å². The van der Waals surface area contributed by atoms with Gasteiger partial charge in [0.25, 0.3) is 0 Å². The molecule has 1 atom stereocenters. The molecule has 0 saturated heterocycles. The van der Waals surface area contributed by atoms with Gasteiger partial charge in [-0.3, -0.25) is 0 Å². The molecule has 0 heterocycles. The second-order valence-corrected chi connectivity index (χ2v) is 8.01. The lowest BCUT2D eigenvalue weighted by molar-refractivity contribution is 0.583. The van der Waals surface area contributed by atoms with E-state index in [1.807, 2.05) is 12.1 Å². The first kappa shape index (κ1) is 15.9. The van der Waals surface area contributed by atoms with Crippen molar-refractivity contribution in [3.63, 3.8) is 0 Å².